The SMILES string of the molecule is NCc1ccc(Cl)cc1Oc1ncc(Br)cn1. The molecule has 2 rings (SSSR count). The van der Waals surface area contributed by atoms with E-state index in [4.69, 9.17) is 22.1 Å². The van der Waals surface area contributed by atoms with Crippen molar-refractivity contribution in [2.45, 2.75) is 6.54 Å². The summed E-state index contributed by atoms with van der Waals surface area (Å²) in [6, 6.07) is 5.52. The fourth-order valence-corrected chi connectivity index (χ4v) is 1.61. The summed E-state index contributed by atoms with van der Waals surface area (Å²) in [5.41, 5.74) is 6.46. The monoisotopic (exact) mass is 313 g/mol. The van der Waals surface area contributed by atoms with Gasteiger partial charge in [0.05, 0.1) is 4.47 Å². The predicted molar refractivity (Wildman–Crippen MR) is 69.1 cm³/mol. The van der Waals surface area contributed by atoms with E-state index in [9.17, 15) is 0 Å². The van der Waals surface area contributed by atoms with Crippen molar-refractivity contribution in [1.29, 1.82) is 0 Å². The Morgan fingerprint density at radius 1 is 1.29 bits per heavy atom. The van der Waals surface area contributed by atoms with Crippen molar-refractivity contribution in [3.05, 3.63) is 45.7 Å². The predicted octanol–water partition coefficient (Wildman–Crippen LogP) is 3.14. The van der Waals surface area contributed by atoms with Crippen molar-refractivity contribution in [3.8, 4) is 11.8 Å². The maximum atomic E-state index is 5.90. The minimum absolute atomic E-state index is 0.255. The van der Waals surface area contributed by atoms with Crippen LogP contribution in [0.3, 0.4) is 0 Å². The van der Waals surface area contributed by atoms with Gasteiger partial charge in [0.2, 0.25) is 0 Å². The molecular weight excluding hydrogens is 305 g/mol. The smallest absolute Gasteiger partial charge is 0.321 e. The standard InChI is InChI=1S/C11H9BrClN3O/c12-8-5-15-11(16-6-8)17-10-3-9(13)2-1-7(10)4-14/h1-3,5-6H,4,14H2. The summed E-state index contributed by atoms with van der Waals surface area (Å²) >= 11 is 9.15. The van der Waals surface area contributed by atoms with Crippen molar-refractivity contribution < 1.29 is 4.74 Å². The van der Waals surface area contributed by atoms with Crippen LogP contribution in [0.5, 0.6) is 11.8 Å². The Morgan fingerprint density at radius 2 is 2.00 bits per heavy atom. The van der Waals surface area contributed by atoms with Crippen LogP contribution in [0, 0.1) is 0 Å². The molecule has 0 fully saturated rings. The van der Waals surface area contributed by atoms with E-state index in [1.54, 1.807) is 24.5 Å². The molecule has 0 radical (unpaired) electrons. The van der Waals surface area contributed by atoms with E-state index >= 15 is 0 Å². The summed E-state index contributed by atoms with van der Waals surface area (Å²) in [5, 5.41) is 0.578. The number of nitrogens with two attached hydrogens (primary N) is 1. The zero-order valence-electron chi connectivity index (χ0n) is 8.73. The molecule has 4 nitrogen and oxygen atoms in total. The second kappa shape index (κ2) is 5.44. The van der Waals surface area contributed by atoms with E-state index in [2.05, 4.69) is 25.9 Å². The molecule has 88 valence electrons. The van der Waals surface area contributed by atoms with Crippen LogP contribution in [0.1, 0.15) is 5.56 Å². The largest absolute Gasteiger partial charge is 0.424 e. The highest BCUT2D eigenvalue weighted by Gasteiger charge is 2.06. The Kier molecular flexibility index (Phi) is 3.93. The van der Waals surface area contributed by atoms with E-state index in [0.717, 1.165) is 10.0 Å². The third kappa shape index (κ3) is 3.15. The van der Waals surface area contributed by atoms with Gasteiger partial charge in [-0.15, -0.1) is 0 Å². The fourth-order valence-electron chi connectivity index (χ4n) is 1.24. The molecule has 2 N–H and O–H groups in total. The van der Waals surface area contributed by atoms with Gasteiger partial charge in [-0.3, -0.25) is 0 Å². The van der Waals surface area contributed by atoms with Crippen LogP contribution in [-0.2, 0) is 6.54 Å². The van der Waals surface area contributed by atoms with E-state index < -0.39 is 0 Å². The van der Waals surface area contributed by atoms with Crippen molar-refractivity contribution in [2.24, 2.45) is 5.73 Å². The molecule has 0 aliphatic rings. The number of halogens is 2. The molecule has 0 bridgehead atoms. The number of hydrogen-bond donors (Lipinski definition) is 1. The van der Waals surface area contributed by atoms with E-state index in [1.165, 1.54) is 0 Å². The van der Waals surface area contributed by atoms with Gasteiger partial charge in [0.25, 0.3) is 0 Å². The Bertz CT molecular complexity index is 519. The van der Waals surface area contributed by atoms with Gasteiger partial charge < -0.3 is 10.5 Å². The van der Waals surface area contributed by atoms with Crippen LogP contribution in [-0.4, -0.2) is 9.97 Å². The lowest BCUT2D eigenvalue weighted by atomic mass is 10.2. The van der Waals surface area contributed by atoms with Gasteiger partial charge in [0.15, 0.2) is 0 Å². The summed E-state index contributed by atoms with van der Waals surface area (Å²) in [4.78, 5) is 8.03. The summed E-state index contributed by atoms with van der Waals surface area (Å²) in [6.07, 6.45) is 3.21. The number of hydrogen-bond acceptors (Lipinski definition) is 4. The topological polar surface area (TPSA) is 61.0 Å². The van der Waals surface area contributed by atoms with Crippen molar-refractivity contribution >= 4 is 27.5 Å². The highest BCUT2D eigenvalue weighted by molar-refractivity contribution is 9.10. The van der Waals surface area contributed by atoms with Crippen LogP contribution in [0.2, 0.25) is 5.02 Å². The molecule has 0 aliphatic heterocycles. The summed E-state index contributed by atoms with van der Waals surface area (Å²) in [6.45, 7) is 0.364. The molecule has 6 heteroatoms. The van der Waals surface area contributed by atoms with E-state index in [1.807, 2.05) is 6.07 Å². The molecule has 0 atom stereocenters. The zero-order valence-corrected chi connectivity index (χ0v) is 11.1. The van der Waals surface area contributed by atoms with Gasteiger partial charge in [-0.2, -0.15) is 0 Å². The fraction of sp³-hybridized carbons (Fsp3) is 0.0909. The summed E-state index contributed by atoms with van der Waals surface area (Å²) in [7, 11) is 0. The van der Waals surface area contributed by atoms with Crippen LogP contribution in [0.15, 0.2) is 35.1 Å². The van der Waals surface area contributed by atoms with Crippen LogP contribution in [0.4, 0.5) is 0 Å². The van der Waals surface area contributed by atoms with Gasteiger partial charge in [0, 0.05) is 29.5 Å². The highest BCUT2D eigenvalue weighted by atomic mass is 79.9. The van der Waals surface area contributed by atoms with Gasteiger partial charge in [-0.05, 0) is 28.1 Å². The van der Waals surface area contributed by atoms with Gasteiger partial charge in [-0.1, -0.05) is 17.7 Å². The lowest BCUT2D eigenvalue weighted by Crippen LogP contribution is -2.00. The first-order valence-electron chi connectivity index (χ1n) is 4.83. The van der Waals surface area contributed by atoms with Gasteiger partial charge in [-0.25, -0.2) is 9.97 Å². The molecule has 0 aliphatic carbocycles. The second-order valence-electron chi connectivity index (χ2n) is 3.24. The Morgan fingerprint density at radius 3 is 2.65 bits per heavy atom. The molecule has 17 heavy (non-hydrogen) atoms. The van der Waals surface area contributed by atoms with Gasteiger partial charge in [0.1, 0.15) is 5.75 Å². The molecule has 0 unspecified atom stereocenters. The normalized spacial score (nSPS) is 10.3. The summed E-state index contributed by atoms with van der Waals surface area (Å²) in [5.74, 6) is 0.572. The first kappa shape index (κ1) is 12.3. The Balaban J connectivity index is 2.28. The summed E-state index contributed by atoms with van der Waals surface area (Å²) < 4.78 is 6.32. The number of rotatable bonds is 3. The maximum absolute atomic E-state index is 5.90. The highest BCUT2D eigenvalue weighted by Crippen LogP contribution is 2.26. The van der Waals surface area contributed by atoms with Crippen LogP contribution in [0.25, 0.3) is 0 Å². The van der Waals surface area contributed by atoms with E-state index in [0.29, 0.717) is 17.3 Å². The van der Waals surface area contributed by atoms with Gasteiger partial charge >= 0.3 is 6.01 Å². The van der Waals surface area contributed by atoms with Crippen LogP contribution < -0.4 is 10.5 Å². The molecule has 2 aromatic rings. The first-order chi connectivity index (χ1) is 8.19. The molecule has 1 aromatic carbocycles. The minimum atomic E-state index is 0.255. The van der Waals surface area contributed by atoms with Crippen molar-refractivity contribution in [3.63, 3.8) is 0 Å². The number of benzene rings is 1. The lowest BCUT2D eigenvalue weighted by Gasteiger charge is -2.08. The van der Waals surface area contributed by atoms with Crippen molar-refractivity contribution in [2.75, 3.05) is 0 Å². The van der Waals surface area contributed by atoms with E-state index in [-0.39, 0.29) is 6.01 Å². The van der Waals surface area contributed by atoms with Crippen LogP contribution >= 0.6 is 27.5 Å². The van der Waals surface area contributed by atoms with Crippen molar-refractivity contribution in [1.82, 2.24) is 9.97 Å². The zero-order chi connectivity index (χ0) is 12.3. The lowest BCUT2D eigenvalue weighted by molar-refractivity contribution is 0.436. The first-order valence-corrected chi connectivity index (χ1v) is 6.00. The number of ether oxygens (including phenoxy) is 1. The third-order valence-corrected chi connectivity index (χ3v) is 2.69. The second-order valence-corrected chi connectivity index (χ2v) is 4.59. The molecule has 0 spiro atoms. The Labute approximate surface area is 112 Å². The number of aromatic nitrogens is 2. The molecular formula is C11H9BrClN3O. The minimum Gasteiger partial charge on any atom is -0.424 e. The molecule has 1 heterocycles. The third-order valence-electron chi connectivity index (χ3n) is 2.05. The Hall–Kier alpha value is -1.17. The quantitative estimate of drug-likeness (QED) is 0.945. The average molecular weight is 315 g/mol. The molecule has 0 saturated carbocycles. The average Bonchev–Trinajstić information content (AvgIpc) is 2.32. The maximum Gasteiger partial charge on any atom is 0.321 e. The molecule has 0 saturated heterocycles. The molecule has 1 aromatic heterocycles. The molecule has 0 amide bonds. The number of nitrogens with zero attached hydrogens (tertiary/aromatic N) is 2.